The van der Waals surface area contributed by atoms with Gasteiger partial charge in [-0.3, -0.25) is 9.78 Å². The molecule has 1 amide bonds. The van der Waals surface area contributed by atoms with Crippen LogP contribution in [0.1, 0.15) is 16.2 Å². The molecule has 0 aliphatic carbocycles. The monoisotopic (exact) mass is 275 g/mol. The molecule has 0 atom stereocenters. The van der Waals surface area contributed by atoms with E-state index in [-0.39, 0.29) is 24.0 Å². The van der Waals surface area contributed by atoms with E-state index < -0.39 is 0 Å². The van der Waals surface area contributed by atoms with Crippen molar-refractivity contribution in [2.45, 2.75) is 6.92 Å². The van der Waals surface area contributed by atoms with E-state index in [1.54, 1.807) is 6.92 Å². The van der Waals surface area contributed by atoms with Crippen molar-refractivity contribution in [3.8, 4) is 5.75 Å². The zero-order chi connectivity index (χ0) is 14.4. The van der Waals surface area contributed by atoms with Crippen LogP contribution in [0, 0.1) is 12.7 Å². The van der Waals surface area contributed by atoms with E-state index in [4.69, 9.17) is 4.74 Å². The number of hydrogen-bond acceptors (Lipinski definition) is 4. The minimum absolute atomic E-state index is 0.261. The molecule has 0 saturated carbocycles. The Morgan fingerprint density at radius 2 is 2.00 bits per heavy atom. The number of carbonyl (C=O) groups excluding carboxylic acids is 1. The molecule has 2 rings (SSSR count). The lowest BCUT2D eigenvalue weighted by atomic mass is 10.3. The SMILES string of the molecule is Cc1cnc(C(=O)NCCOc2ccc(F)cc2)cn1. The van der Waals surface area contributed by atoms with E-state index >= 15 is 0 Å². The predicted octanol–water partition coefficient (Wildman–Crippen LogP) is 1.73. The van der Waals surface area contributed by atoms with Gasteiger partial charge in [-0.1, -0.05) is 0 Å². The highest BCUT2D eigenvalue weighted by Crippen LogP contribution is 2.10. The van der Waals surface area contributed by atoms with Gasteiger partial charge in [0.2, 0.25) is 0 Å². The first kappa shape index (κ1) is 13.9. The van der Waals surface area contributed by atoms with Gasteiger partial charge >= 0.3 is 0 Å². The molecule has 1 aromatic heterocycles. The van der Waals surface area contributed by atoms with Gasteiger partial charge in [-0.25, -0.2) is 9.37 Å². The van der Waals surface area contributed by atoms with Crippen LogP contribution in [0.2, 0.25) is 0 Å². The third kappa shape index (κ3) is 4.01. The Morgan fingerprint density at radius 3 is 2.65 bits per heavy atom. The Hall–Kier alpha value is -2.50. The van der Waals surface area contributed by atoms with Crippen LogP contribution in [0.15, 0.2) is 36.7 Å². The molecule has 2 aromatic rings. The van der Waals surface area contributed by atoms with Crippen LogP contribution in [-0.2, 0) is 0 Å². The Labute approximate surface area is 115 Å². The summed E-state index contributed by atoms with van der Waals surface area (Å²) in [6, 6.07) is 5.69. The Kier molecular flexibility index (Phi) is 4.60. The molecule has 0 spiro atoms. The number of carbonyl (C=O) groups is 1. The van der Waals surface area contributed by atoms with Gasteiger partial charge in [-0.15, -0.1) is 0 Å². The first-order valence-corrected chi connectivity index (χ1v) is 6.10. The summed E-state index contributed by atoms with van der Waals surface area (Å²) < 4.78 is 18.0. The first-order valence-electron chi connectivity index (χ1n) is 6.10. The molecule has 0 unspecified atom stereocenters. The number of aryl methyl sites for hydroxylation is 1. The summed E-state index contributed by atoms with van der Waals surface area (Å²) in [5.41, 5.74) is 1.01. The van der Waals surface area contributed by atoms with Crippen molar-refractivity contribution in [3.05, 3.63) is 53.9 Å². The number of hydrogen-bond donors (Lipinski definition) is 1. The number of benzene rings is 1. The summed E-state index contributed by atoms with van der Waals surface area (Å²) >= 11 is 0. The Bertz CT molecular complexity index is 570. The fourth-order valence-corrected chi connectivity index (χ4v) is 1.46. The van der Waals surface area contributed by atoms with E-state index in [1.807, 2.05) is 0 Å². The topological polar surface area (TPSA) is 64.1 Å². The van der Waals surface area contributed by atoms with E-state index in [2.05, 4.69) is 15.3 Å². The fourth-order valence-electron chi connectivity index (χ4n) is 1.46. The summed E-state index contributed by atoms with van der Waals surface area (Å²) in [6.07, 6.45) is 2.95. The van der Waals surface area contributed by atoms with Crippen molar-refractivity contribution in [1.29, 1.82) is 0 Å². The van der Waals surface area contributed by atoms with Gasteiger partial charge in [0, 0.05) is 6.20 Å². The maximum atomic E-state index is 12.7. The molecule has 0 radical (unpaired) electrons. The molecule has 1 heterocycles. The number of amides is 1. The second kappa shape index (κ2) is 6.60. The van der Waals surface area contributed by atoms with Crippen LogP contribution in [0.4, 0.5) is 4.39 Å². The van der Waals surface area contributed by atoms with Crippen LogP contribution in [0.3, 0.4) is 0 Å². The molecule has 1 N–H and O–H groups in total. The summed E-state index contributed by atoms with van der Waals surface area (Å²) in [4.78, 5) is 19.7. The van der Waals surface area contributed by atoms with Gasteiger partial charge in [0.25, 0.3) is 5.91 Å². The zero-order valence-corrected chi connectivity index (χ0v) is 11.0. The zero-order valence-electron chi connectivity index (χ0n) is 11.0. The normalized spacial score (nSPS) is 10.1. The van der Waals surface area contributed by atoms with Crippen LogP contribution >= 0.6 is 0 Å². The summed E-state index contributed by atoms with van der Waals surface area (Å²) in [5.74, 6) is -0.0698. The number of nitrogens with zero attached hydrogens (tertiary/aromatic N) is 2. The molecule has 104 valence electrons. The first-order chi connectivity index (χ1) is 9.65. The predicted molar refractivity (Wildman–Crippen MR) is 71.0 cm³/mol. The average molecular weight is 275 g/mol. The standard InChI is InChI=1S/C14H14FN3O2/c1-10-8-18-13(9-17-10)14(19)16-6-7-20-12-4-2-11(15)3-5-12/h2-5,8-9H,6-7H2,1H3,(H,16,19). The highest BCUT2D eigenvalue weighted by atomic mass is 19.1. The van der Waals surface area contributed by atoms with Crippen molar-refractivity contribution < 1.29 is 13.9 Å². The number of ether oxygens (including phenoxy) is 1. The van der Waals surface area contributed by atoms with Crippen LogP contribution in [-0.4, -0.2) is 29.0 Å². The van der Waals surface area contributed by atoms with Crippen molar-refractivity contribution in [2.24, 2.45) is 0 Å². The van der Waals surface area contributed by atoms with Crippen molar-refractivity contribution in [2.75, 3.05) is 13.2 Å². The Balaban J connectivity index is 1.74. The molecule has 20 heavy (non-hydrogen) atoms. The third-order valence-electron chi connectivity index (χ3n) is 2.48. The van der Waals surface area contributed by atoms with Crippen molar-refractivity contribution >= 4 is 5.91 Å². The lowest BCUT2D eigenvalue weighted by Crippen LogP contribution is -2.28. The maximum absolute atomic E-state index is 12.7. The minimum atomic E-state index is -0.316. The highest BCUT2D eigenvalue weighted by Gasteiger charge is 2.06. The van der Waals surface area contributed by atoms with E-state index in [0.717, 1.165) is 5.69 Å². The van der Waals surface area contributed by atoms with Gasteiger partial charge in [0.1, 0.15) is 23.9 Å². The van der Waals surface area contributed by atoms with Crippen molar-refractivity contribution in [1.82, 2.24) is 15.3 Å². The number of rotatable bonds is 5. The lowest BCUT2D eigenvalue weighted by molar-refractivity contribution is 0.0941. The summed E-state index contributed by atoms with van der Waals surface area (Å²) in [6.45, 7) is 2.41. The molecule has 0 fully saturated rings. The van der Waals surface area contributed by atoms with E-state index in [1.165, 1.54) is 36.7 Å². The molecule has 0 saturated heterocycles. The second-order valence-corrected chi connectivity index (χ2v) is 4.10. The second-order valence-electron chi connectivity index (χ2n) is 4.10. The number of nitrogens with one attached hydrogen (secondary N) is 1. The molecular weight excluding hydrogens is 261 g/mol. The fraction of sp³-hybridized carbons (Fsp3) is 0.214. The van der Waals surface area contributed by atoms with Gasteiger partial charge in [-0.05, 0) is 31.2 Å². The number of aromatic nitrogens is 2. The van der Waals surface area contributed by atoms with Crippen molar-refractivity contribution in [3.63, 3.8) is 0 Å². The van der Waals surface area contributed by atoms with Gasteiger partial charge in [0.05, 0.1) is 18.4 Å². The number of halogens is 1. The Morgan fingerprint density at radius 1 is 1.25 bits per heavy atom. The van der Waals surface area contributed by atoms with Gasteiger partial charge in [0.15, 0.2) is 0 Å². The minimum Gasteiger partial charge on any atom is -0.492 e. The average Bonchev–Trinajstić information content (AvgIpc) is 2.46. The molecule has 0 bridgehead atoms. The maximum Gasteiger partial charge on any atom is 0.271 e. The lowest BCUT2D eigenvalue weighted by Gasteiger charge is -2.07. The third-order valence-corrected chi connectivity index (χ3v) is 2.48. The summed E-state index contributed by atoms with van der Waals surface area (Å²) in [7, 11) is 0. The molecule has 0 aliphatic rings. The molecule has 5 nitrogen and oxygen atoms in total. The van der Waals surface area contributed by atoms with E-state index in [9.17, 15) is 9.18 Å². The largest absolute Gasteiger partial charge is 0.492 e. The van der Waals surface area contributed by atoms with Crippen LogP contribution in [0.5, 0.6) is 5.75 Å². The van der Waals surface area contributed by atoms with Crippen LogP contribution in [0.25, 0.3) is 0 Å². The van der Waals surface area contributed by atoms with E-state index in [0.29, 0.717) is 12.3 Å². The quantitative estimate of drug-likeness (QED) is 0.844. The van der Waals surface area contributed by atoms with Gasteiger partial charge < -0.3 is 10.1 Å². The van der Waals surface area contributed by atoms with Crippen LogP contribution < -0.4 is 10.1 Å². The molecule has 0 aliphatic heterocycles. The molecular formula is C14H14FN3O2. The molecule has 6 heteroatoms. The summed E-state index contributed by atoms with van der Waals surface area (Å²) in [5, 5.41) is 2.66. The molecule has 1 aromatic carbocycles. The smallest absolute Gasteiger partial charge is 0.271 e. The highest BCUT2D eigenvalue weighted by molar-refractivity contribution is 5.91. The van der Waals surface area contributed by atoms with Gasteiger partial charge in [-0.2, -0.15) is 0 Å².